The maximum Gasteiger partial charge on any atom is 0.140 e. The van der Waals surface area contributed by atoms with Gasteiger partial charge in [-0.15, -0.1) is 0 Å². The number of Topliss-reactive ketones (excluding diaryl/α,β-unsaturated/α-hetero) is 1. The highest BCUT2D eigenvalue weighted by atomic mass is 16.3. The molecule has 66 valence electrons. The van der Waals surface area contributed by atoms with Crippen LogP contribution in [0, 0.1) is 17.3 Å². The summed E-state index contributed by atoms with van der Waals surface area (Å²) in [6.07, 6.45) is 4.80. The van der Waals surface area contributed by atoms with Gasteiger partial charge in [0.1, 0.15) is 5.78 Å². The average molecular weight is 166 g/mol. The zero-order chi connectivity index (χ0) is 8.34. The second kappa shape index (κ2) is 1.92. The quantitative estimate of drug-likeness (QED) is 0.585. The van der Waals surface area contributed by atoms with Crippen molar-refractivity contribution in [2.24, 2.45) is 17.3 Å². The molecule has 0 unspecified atom stereocenters. The highest BCUT2D eigenvalue weighted by Gasteiger charge is 2.66. The van der Waals surface area contributed by atoms with Crippen LogP contribution in [-0.2, 0) is 4.79 Å². The molecule has 3 saturated carbocycles. The van der Waals surface area contributed by atoms with Crippen LogP contribution in [-0.4, -0.2) is 17.0 Å². The molecular weight excluding hydrogens is 152 g/mol. The van der Waals surface area contributed by atoms with Gasteiger partial charge in [0, 0.05) is 11.8 Å². The van der Waals surface area contributed by atoms with Gasteiger partial charge in [0.05, 0.1) is 6.10 Å². The lowest BCUT2D eigenvalue weighted by atomic mass is 9.58. The van der Waals surface area contributed by atoms with Gasteiger partial charge in [-0.05, 0) is 31.1 Å². The molecule has 4 atom stereocenters. The van der Waals surface area contributed by atoms with E-state index in [2.05, 4.69) is 0 Å². The zero-order valence-electron chi connectivity index (χ0n) is 7.12. The van der Waals surface area contributed by atoms with Crippen molar-refractivity contribution in [2.75, 3.05) is 0 Å². The van der Waals surface area contributed by atoms with Gasteiger partial charge < -0.3 is 5.11 Å². The van der Waals surface area contributed by atoms with E-state index < -0.39 is 0 Å². The molecule has 0 aliphatic heterocycles. The predicted molar refractivity (Wildman–Crippen MR) is 43.5 cm³/mol. The van der Waals surface area contributed by atoms with E-state index in [1.807, 2.05) is 0 Å². The first-order valence-electron chi connectivity index (χ1n) is 4.96. The SMILES string of the molecule is O=C1C[C@H]2C[C@H](O)[C@@H]3CCC[C@]123. The minimum atomic E-state index is -0.163. The van der Waals surface area contributed by atoms with E-state index in [0.717, 1.165) is 32.1 Å². The summed E-state index contributed by atoms with van der Waals surface area (Å²) in [5, 5.41) is 9.74. The molecule has 3 rings (SSSR count). The Bertz CT molecular complexity index is 248. The number of ketones is 1. The normalized spacial score (nSPS) is 56.4. The monoisotopic (exact) mass is 166 g/mol. The maximum atomic E-state index is 11.5. The second-order valence-corrected chi connectivity index (χ2v) is 4.67. The fourth-order valence-corrected chi connectivity index (χ4v) is 3.89. The summed E-state index contributed by atoms with van der Waals surface area (Å²) in [4.78, 5) is 11.5. The average Bonchev–Trinajstić information content (AvgIpc) is 2.55. The molecule has 0 radical (unpaired) electrons. The highest BCUT2D eigenvalue weighted by molar-refractivity contribution is 5.92. The smallest absolute Gasteiger partial charge is 0.140 e. The van der Waals surface area contributed by atoms with Crippen LogP contribution in [0.4, 0.5) is 0 Å². The van der Waals surface area contributed by atoms with Crippen molar-refractivity contribution in [1.82, 2.24) is 0 Å². The molecule has 0 aromatic heterocycles. The van der Waals surface area contributed by atoms with Crippen LogP contribution in [0.3, 0.4) is 0 Å². The van der Waals surface area contributed by atoms with Crippen molar-refractivity contribution in [3.05, 3.63) is 0 Å². The van der Waals surface area contributed by atoms with Crippen LogP contribution < -0.4 is 0 Å². The lowest BCUT2D eigenvalue weighted by Gasteiger charge is -2.43. The molecular formula is C10H14O2. The number of aliphatic hydroxyl groups excluding tert-OH is 1. The van der Waals surface area contributed by atoms with Crippen LogP contribution in [0.5, 0.6) is 0 Å². The van der Waals surface area contributed by atoms with Gasteiger partial charge in [-0.3, -0.25) is 4.79 Å². The van der Waals surface area contributed by atoms with E-state index >= 15 is 0 Å². The van der Waals surface area contributed by atoms with Crippen molar-refractivity contribution in [3.8, 4) is 0 Å². The number of carbonyl (C=O) groups is 1. The molecule has 0 saturated heterocycles. The molecule has 12 heavy (non-hydrogen) atoms. The van der Waals surface area contributed by atoms with E-state index in [1.54, 1.807) is 0 Å². The topological polar surface area (TPSA) is 37.3 Å². The Kier molecular flexibility index (Phi) is 1.13. The van der Waals surface area contributed by atoms with E-state index in [1.165, 1.54) is 0 Å². The highest BCUT2D eigenvalue weighted by Crippen LogP contribution is 2.65. The zero-order valence-corrected chi connectivity index (χ0v) is 7.12. The summed E-state index contributed by atoms with van der Waals surface area (Å²) in [7, 11) is 0. The fraction of sp³-hybridized carbons (Fsp3) is 0.900. The molecule has 3 aliphatic rings. The van der Waals surface area contributed by atoms with Crippen LogP contribution in [0.1, 0.15) is 32.1 Å². The van der Waals surface area contributed by atoms with E-state index in [9.17, 15) is 9.90 Å². The molecule has 1 N–H and O–H groups in total. The van der Waals surface area contributed by atoms with Gasteiger partial charge in [-0.25, -0.2) is 0 Å². The van der Waals surface area contributed by atoms with Crippen molar-refractivity contribution in [1.29, 1.82) is 0 Å². The molecule has 0 aromatic carbocycles. The largest absolute Gasteiger partial charge is 0.393 e. The summed E-state index contributed by atoms with van der Waals surface area (Å²) in [6, 6.07) is 0. The van der Waals surface area contributed by atoms with Crippen molar-refractivity contribution in [2.45, 2.75) is 38.2 Å². The minimum Gasteiger partial charge on any atom is -0.393 e. The van der Waals surface area contributed by atoms with Crippen LogP contribution in [0.2, 0.25) is 0 Å². The molecule has 0 heterocycles. The van der Waals surface area contributed by atoms with Gasteiger partial charge >= 0.3 is 0 Å². The number of aliphatic hydroxyl groups is 1. The first kappa shape index (κ1) is 7.07. The second-order valence-electron chi connectivity index (χ2n) is 4.67. The minimum absolute atomic E-state index is 0.0145. The molecule has 0 bridgehead atoms. The molecule has 3 aliphatic carbocycles. The molecule has 2 heteroatoms. The molecule has 0 amide bonds. The van der Waals surface area contributed by atoms with Crippen molar-refractivity contribution >= 4 is 5.78 Å². The lowest BCUT2D eigenvalue weighted by Crippen LogP contribution is -2.48. The summed E-state index contributed by atoms with van der Waals surface area (Å²) in [6.45, 7) is 0. The Morgan fingerprint density at radius 3 is 3.00 bits per heavy atom. The number of hydrogen-bond acceptors (Lipinski definition) is 2. The Morgan fingerprint density at radius 2 is 2.33 bits per heavy atom. The van der Waals surface area contributed by atoms with E-state index in [-0.39, 0.29) is 11.5 Å². The number of hydrogen-bond donors (Lipinski definition) is 1. The maximum absolute atomic E-state index is 11.5. The third-order valence-electron chi connectivity index (χ3n) is 4.44. The molecule has 0 aromatic rings. The van der Waals surface area contributed by atoms with E-state index in [4.69, 9.17) is 0 Å². The third kappa shape index (κ3) is 0.535. The van der Waals surface area contributed by atoms with Crippen LogP contribution in [0.25, 0.3) is 0 Å². The Labute approximate surface area is 72.0 Å². The van der Waals surface area contributed by atoms with Crippen molar-refractivity contribution < 1.29 is 9.90 Å². The third-order valence-corrected chi connectivity index (χ3v) is 4.44. The summed E-state index contributed by atoms with van der Waals surface area (Å²) in [5.41, 5.74) is -0.0145. The van der Waals surface area contributed by atoms with Gasteiger partial charge in [0.15, 0.2) is 0 Å². The Morgan fingerprint density at radius 1 is 1.50 bits per heavy atom. The first-order chi connectivity index (χ1) is 5.75. The van der Waals surface area contributed by atoms with Gasteiger partial charge in [0.2, 0.25) is 0 Å². The standard InChI is InChI=1S/C10H14O2/c11-8-4-6-5-9(12)10(6)3-1-2-7(8)10/h6-8,11H,1-5H2/t6-,7+,8+,10+/m1/s1. The summed E-state index contributed by atoms with van der Waals surface area (Å²) in [5.74, 6) is 1.34. The van der Waals surface area contributed by atoms with Crippen LogP contribution >= 0.6 is 0 Å². The van der Waals surface area contributed by atoms with Gasteiger partial charge in [-0.1, -0.05) is 6.42 Å². The number of rotatable bonds is 0. The van der Waals surface area contributed by atoms with Gasteiger partial charge in [-0.2, -0.15) is 0 Å². The molecule has 3 fully saturated rings. The van der Waals surface area contributed by atoms with Crippen molar-refractivity contribution in [3.63, 3.8) is 0 Å². The summed E-state index contributed by atoms with van der Waals surface area (Å²) >= 11 is 0. The Balaban J connectivity index is 2.03. The summed E-state index contributed by atoms with van der Waals surface area (Å²) < 4.78 is 0. The number of carbonyl (C=O) groups excluding carboxylic acids is 1. The van der Waals surface area contributed by atoms with E-state index in [0.29, 0.717) is 17.6 Å². The molecule has 2 nitrogen and oxygen atoms in total. The van der Waals surface area contributed by atoms with Gasteiger partial charge in [0.25, 0.3) is 0 Å². The predicted octanol–water partition coefficient (Wildman–Crippen LogP) is 1.13. The van der Waals surface area contributed by atoms with Crippen LogP contribution in [0.15, 0.2) is 0 Å². The molecule has 1 spiro atoms. The lowest BCUT2D eigenvalue weighted by molar-refractivity contribution is -0.145. The Hall–Kier alpha value is -0.370. The fourth-order valence-electron chi connectivity index (χ4n) is 3.89. The first-order valence-corrected chi connectivity index (χ1v) is 4.96.